The summed E-state index contributed by atoms with van der Waals surface area (Å²) in [5.74, 6) is 0.890. The molecule has 34 heavy (non-hydrogen) atoms. The normalized spacial score (nSPS) is 28.1. The number of hydrogen-bond acceptors (Lipinski definition) is 7. The molecule has 0 radical (unpaired) electrons. The maximum atomic E-state index is 10.2. The van der Waals surface area contributed by atoms with E-state index in [1.807, 2.05) is 7.05 Å². The number of rotatable bonds is 20. The number of likely N-dealkylation sites (N-methyl/N-ethyl adjacent to an activating group) is 1. The average Bonchev–Trinajstić information content (AvgIpc) is 2.84. The van der Waals surface area contributed by atoms with Crippen LogP contribution in [0.15, 0.2) is 0 Å². The van der Waals surface area contributed by atoms with Crippen LogP contribution >= 0.6 is 0 Å². The Kier molecular flexibility index (Phi) is 17.7. The van der Waals surface area contributed by atoms with E-state index in [0.29, 0.717) is 18.4 Å². The Bertz CT molecular complexity index is 480. The van der Waals surface area contributed by atoms with Crippen LogP contribution in [0.25, 0.3) is 0 Å². The number of aliphatic hydroxyl groups excluding tert-OH is 4. The van der Waals surface area contributed by atoms with E-state index in [1.165, 1.54) is 83.5 Å². The van der Waals surface area contributed by atoms with E-state index in [-0.39, 0.29) is 6.04 Å². The lowest BCUT2D eigenvalue weighted by molar-refractivity contribution is -0.302. The first kappa shape index (κ1) is 31.7. The smallest absolute Gasteiger partial charge is 0.186 e. The van der Waals surface area contributed by atoms with Crippen molar-refractivity contribution in [3.8, 4) is 0 Å². The van der Waals surface area contributed by atoms with Gasteiger partial charge in [0, 0.05) is 6.04 Å². The van der Waals surface area contributed by atoms with Crippen LogP contribution in [0.5, 0.6) is 0 Å². The Balaban J connectivity index is 2.20. The highest BCUT2D eigenvalue weighted by Gasteiger charge is 2.44. The quantitative estimate of drug-likeness (QED) is 0.166. The second-order valence-corrected chi connectivity index (χ2v) is 10.4. The molecule has 0 spiro atoms. The fourth-order valence-corrected chi connectivity index (χ4v) is 4.87. The summed E-state index contributed by atoms with van der Waals surface area (Å²) in [6.07, 6.45) is 11.3. The van der Waals surface area contributed by atoms with E-state index < -0.39 is 37.3 Å². The van der Waals surface area contributed by atoms with Crippen molar-refractivity contribution >= 4 is 0 Å². The summed E-state index contributed by atoms with van der Waals surface area (Å²) >= 11 is 0. The minimum Gasteiger partial charge on any atom is -0.394 e. The molecule has 0 aromatic heterocycles. The molecule has 8 atom stereocenters. The molecule has 0 bridgehead atoms. The fraction of sp³-hybridized carbons (Fsp3) is 1.00. The minimum atomic E-state index is -1.41. The zero-order chi connectivity index (χ0) is 25.3. The van der Waals surface area contributed by atoms with Gasteiger partial charge in [0.15, 0.2) is 6.29 Å². The molecule has 7 heteroatoms. The highest BCUT2D eigenvalue weighted by Crippen LogP contribution is 2.25. The Hall–Kier alpha value is -0.280. The number of hydrogen-bond donors (Lipinski definition) is 5. The van der Waals surface area contributed by atoms with Gasteiger partial charge in [-0.1, -0.05) is 104 Å². The molecular weight excluding hydrogens is 434 g/mol. The number of nitrogens with one attached hydrogen (secondary N) is 1. The van der Waals surface area contributed by atoms with Gasteiger partial charge in [-0.2, -0.15) is 0 Å². The molecule has 0 aromatic rings. The summed E-state index contributed by atoms with van der Waals surface area (Å²) in [4.78, 5) is 0. The zero-order valence-electron chi connectivity index (χ0n) is 22.3. The molecule has 1 saturated heterocycles. The molecule has 7 nitrogen and oxygen atoms in total. The molecule has 1 fully saturated rings. The lowest BCUT2D eigenvalue weighted by atomic mass is 9.85. The summed E-state index contributed by atoms with van der Waals surface area (Å²) in [5.41, 5.74) is 0. The van der Waals surface area contributed by atoms with E-state index in [0.717, 1.165) is 0 Å². The van der Waals surface area contributed by atoms with Gasteiger partial charge in [0.05, 0.1) is 13.2 Å². The molecule has 1 aliphatic rings. The Labute approximate surface area is 208 Å². The second-order valence-electron chi connectivity index (χ2n) is 10.4. The van der Waals surface area contributed by atoms with Crippen molar-refractivity contribution < 1.29 is 29.9 Å². The van der Waals surface area contributed by atoms with E-state index in [1.54, 1.807) is 0 Å². The highest BCUT2D eigenvalue weighted by molar-refractivity contribution is 4.89. The zero-order valence-corrected chi connectivity index (χ0v) is 22.3. The molecule has 5 unspecified atom stereocenters. The van der Waals surface area contributed by atoms with E-state index in [2.05, 4.69) is 26.1 Å². The van der Waals surface area contributed by atoms with Gasteiger partial charge in [0.25, 0.3) is 0 Å². The van der Waals surface area contributed by atoms with Crippen molar-refractivity contribution in [2.45, 2.75) is 141 Å². The molecule has 0 aromatic carbocycles. The summed E-state index contributed by atoms with van der Waals surface area (Å²) in [7, 11) is 1.90. The molecule has 5 N–H and O–H groups in total. The van der Waals surface area contributed by atoms with Crippen LogP contribution in [0.3, 0.4) is 0 Å². The first-order valence-electron chi connectivity index (χ1n) is 14.0. The molecule has 1 aliphatic heterocycles. The molecule has 204 valence electrons. The third kappa shape index (κ3) is 11.6. The van der Waals surface area contributed by atoms with Crippen molar-refractivity contribution in [3.05, 3.63) is 0 Å². The minimum absolute atomic E-state index is 0.0692. The van der Waals surface area contributed by atoms with E-state index >= 15 is 0 Å². The van der Waals surface area contributed by atoms with Crippen LogP contribution < -0.4 is 5.32 Å². The number of unbranched alkanes of at least 4 members (excludes halogenated alkanes) is 11. The van der Waals surface area contributed by atoms with Crippen molar-refractivity contribution in [2.24, 2.45) is 11.8 Å². The summed E-state index contributed by atoms with van der Waals surface area (Å²) in [5, 5.41) is 42.7. The Morgan fingerprint density at radius 1 is 0.794 bits per heavy atom. The van der Waals surface area contributed by atoms with Crippen molar-refractivity contribution in [1.82, 2.24) is 5.32 Å². The second kappa shape index (κ2) is 18.9. The molecule has 0 amide bonds. The molecule has 1 heterocycles. The van der Waals surface area contributed by atoms with Gasteiger partial charge in [-0.25, -0.2) is 0 Å². The SMILES string of the molecule is CCCCCCCCCCCCCC[C@@H](C)[C@@H](C)[C@H](COC1OC(CO)C(O)C(O)C1O)NC. The van der Waals surface area contributed by atoms with Crippen molar-refractivity contribution in [1.29, 1.82) is 0 Å². The number of aliphatic hydroxyl groups is 4. The average molecular weight is 490 g/mol. The number of ether oxygens (including phenoxy) is 2. The molecule has 0 aliphatic carbocycles. The van der Waals surface area contributed by atoms with Gasteiger partial charge in [-0.15, -0.1) is 0 Å². The lowest BCUT2D eigenvalue weighted by Gasteiger charge is -2.40. The monoisotopic (exact) mass is 489 g/mol. The summed E-state index contributed by atoms with van der Waals surface area (Å²) in [6.45, 7) is 6.61. The summed E-state index contributed by atoms with van der Waals surface area (Å²) < 4.78 is 11.2. The highest BCUT2D eigenvalue weighted by atomic mass is 16.7. The predicted molar refractivity (Wildman–Crippen MR) is 137 cm³/mol. The van der Waals surface area contributed by atoms with E-state index in [4.69, 9.17) is 9.47 Å². The fourth-order valence-electron chi connectivity index (χ4n) is 4.87. The van der Waals surface area contributed by atoms with Crippen LogP contribution in [0.2, 0.25) is 0 Å². The van der Waals surface area contributed by atoms with Crippen LogP contribution in [-0.4, -0.2) is 77.4 Å². The van der Waals surface area contributed by atoms with Gasteiger partial charge in [0.2, 0.25) is 0 Å². The third-order valence-corrected chi connectivity index (χ3v) is 7.70. The Morgan fingerprint density at radius 3 is 1.82 bits per heavy atom. The topological polar surface area (TPSA) is 111 Å². The van der Waals surface area contributed by atoms with Gasteiger partial charge in [-0.05, 0) is 18.9 Å². The molecular formula is C27H55NO6. The first-order chi connectivity index (χ1) is 16.4. The van der Waals surface area contributed by atoms with Gasteiger partial charge < -0.3 is 35.2 Å². The largest absolute Gasteiger partial charge is 0.394 e. The lowest BCUT2D eigenvalue weighted by Crippen LogP contribution is -2.59. The maximum absolute atomic E-state index is 10.2. The van der Waals surface area contributed by atoms with Crippen LogP contribution in [-0.2, 0) is 9.47 Å². The summed E-state index contributed by atoms with van der Waals surface area (Å²) in [6, 6.07) is 0.0692. The van der Waals surface area contributed by atoms with Gasteiger partial charge in [-0.3, -0.25) is 0 Å². The standard InChI is InChI=1S/C27H55NO6/c1-5-6-7-8-9-10-11-12-13-14-15-16-17-20(2)21(3)22(28-4)19-33-27-26(32)25(31)24(30)23(18-29)34-27/h20-32H,5-19H2,1-4H3/t20-,21-,22+,23?,24?,25?,26?,27?/m1/s1. The van der Waals surface area contributed by atoms with E-state index in [9.17, 15) is 20.4 Å². The maximum Gasteiger partial charge on any atom is 0.186 e. The van der Waals surface area contributed by atoms with Gasteiger partial charge >= 0.3 is 0 Å². The van der Waals surface area contributed by atoms with Gasteiger partial charge in [0.1, 0.15) is 24.4 Å². The Morgan fingerprint density at radius 2 is 1.32 bits per heavy atom. The van der Waals surface area contributed by atoms with Crippen LogP contribution in [0.1, 0.15) is 104 Å². The molecule has 1 rings (SSSR count). The van der Waals surface area contributed by atoms with Crippen molar-refractivity contribution in [3.63, 3.8) is 0 Å². The molecule has 0 saturated carbocycles. The van der Waals surface area contributed by atoms with Crippen molar-refractivity contribution in [2.75, 3.05) is 20.3 Å². The predicted octanol–water partition coefficient (Wildman–Crippen LogP) is 3.75. The third-order valence-electron chi connectivity index (χ3n) is 7.70. The van der Waals surface area contributed by atoms with Crippen LogP contribution in [0, 0.1) is 11.8 Å². The first-order valence-corrected chi connectivity index (χ1v) is 14.0. The van der Waals surface area contributed by atoms with Crippen LogP contribution in [0.4, 0.5) is 0 Å².